The minimum Gasteiger partial charge on any atom is -0.491 e. The van der Waals surface area contributed by atoms with Gasteiger partial charge < -0.3 is 19.3 Å². The molecule has 1 atom stereocenters. The third-order valence-corrected chi connectivity index (χ3v) is 6.58. The van der Waals surface area contributed by atoms with E-state index in [2.05, 4.69) is 24.4 Å². The SMILES string of the molecule is CCCN(CC(=O)N1CCc2sccc2C1COc1ccc(C)cc1C)C(=O)COC. The number of fused-ring (bicyclic) bond motifs is 1. The summed E-state index contributed by atoms with van der Waals surface area (Å²) in [4.78, 5) is 30.4. The Labute approximate surface area is 188 Å². The molecule has 7 heteroatoms. The van der Waals surface area contributed by atoms with Gasteiger partial charge in [0.15, 0.2) is 0 Å². The van der Waals surface area contributed by atoms with Gasteiger partial charge >= 0.3 is 0 Å². The van der Waals surface area contributed by atoms with Crippen molar-refractivity contribution in [3.63, 3.8) is 0 Å². The predicted molar refractivity (Wildman–Crippen MR) is 123 cm³/mol. The van der Waals surface area contributed by atoms with Gasteiger partial charge in [-0.05, 0) is 55.3 Å². The number of hydrogen-bond donors (Lipinski definition) is 0. The lowest BCUT2D eigenvalue weighted by molar-refractivity contribution is -0.144. The summed E-state index contributed by atoms with van der Waals surface area (Å²) >= 11 is 1.73. The molecule has 0 aliphatic carbocycles. The van der Waals surface area contributed by atoms with Gasteiger partial charge in [-0.2, -0.15) is 0 Å². The summed E-state index contributed by atoms with van der Waals surface area (Å²) in [7, 11) is 1.49. The van der Waals surface area contributed by atoms with Crippen LogP contribution in [0.15, 0.2) is 29.6 Å². The van der Waals surface area contributed by atoms with Crippen molar-refractivity contribution >= 4 is 23.2 Å². The normalized spacial score (nSPS) is 15.5. The third-order valence-electron chi connectivity index (χ3n) is 5.58. The van der Waals surface area contributed by atoms with Crippen molar-refractivity contribution in [1.82, 2.24) is 9.80 Å². The van der Waals surface area contributed by atoms with Crippen molar-refractivity contribution < 1.29 is 19.1 Å². The average Bonchev–Trinajstić information content (AvgIpc) is 3.22. The molecule has 0 spiro atoms. The van der Waals surface area contributed by atoms with Crippen LogP contribution < -0.4 is 4.74 Å². The first-order valence-corrected chi connectivity index (χ1v) is 11.6. The van der Waals surface area contributed by atoms with Crippen LogP contribution in [0.4, 0.5) is 0 Å². The van der Waals surface area contributed by atoms with E-state index in [4.69, 9.17) is 9.47 Å². The lowest BCUT2D eigenvalue weighted by atomic mass is 10.00. The van der Waals surface area contributed by atoms with E-state index >= 15 is 0 Å². The highest BCUT2D eigenvalue weighted by molar-refractivity contribution is 7.10. The zero-order chi connectivity index (χ0) is 22.4. The smallest absolute Gasteiger partial charge is 0.249 e. The second kappa shape index (κ2) is 10.8. The third kappa shape index (κ3) is 5.66. The summed E-state index contributed by atoms with van der Waals surface area (Å²) in [6, 6.07) is 8.05. The largest absolute Gasteiger partial charge is 0.491 e. The van der Waals surface area contributed by atoms with Gasteiger partial charge in [-0.15, -0.1) is 11.3 Å². The number of amides is 2. The minimum atomic E-state index is -0.163. The number of carbonyl (C=O) groups is 2. The maximum absolute atomic E-state index is 13.3. The molecule has 2 amide bonds. The molecule has 1 aromatic heterocycles. The Bertz CT molecular complexity index is 911. The summed E-state index contributed by atoms with van der Waals surface area (Å²) in [6.45, 7) is 7.70. The predicted octanol–water partition coefficient (Wildman–Crippen LogP) is 3.75. The molecular weight excluding hydrogens is 412 g/mol. The molecule has 1 unspecified atom stereocenters. The fourth-order valence-electron chi connectivity index (χ4n) is 4.04. The summed E-state index contributed by atoms with van der Waals surface area (Å²) in [5.41, 5.74) is 3.43. The molecule has 2 aromatic rings. The van der Waals surface area contributed by atoms with Crippen LogP contribution in [0.25, 0.3) is 0 Å². The molecular formula is C24H32N2O4S. The lowest BCUT2D eigenvalue weighted by Gasteiger charge is -2.37. The number of thiophene rings is 1. The summed E-state index contributed by atoms with van der Waals surface area (Å²) < 4.78 is 11.2. The van der Waals surface area contributed by atoms with Crippen LogP contribution in [-0.2, 0) is 20.7 Å². The zero-order valence-corrected chi connectivity index (χ0v) is 19.7. The Morgan fingerprint density at radius 1 is 1.26 bits per heavy atom. The molecule has 1 aliphatic rings. The van der Waals surface area contributed by atoms with Crippen LogP contribution in [0, 0.1) is 13.8 Å². The van der Waals surface area contributed by atoms with Gasteiger partial charge in [0, 0.05) is 25.1 Å². The van der Waals surface area contributed by atoms with Gasteiger partial charge in [0.2, 0.25) is 11.8 Å². The van der Waals surface area contributed by atoms with Crippen LogP contribution >= 0.6 is 11.3 Å². The summed E-state index contributed by atoms with van der Waals surface area (Å²) in [6.07, 6.45) is 1.62. The van der Waals surface area contributed by atoms with Crippen molar-refractivity contribution in [3.8, 4) is 5.75 Å². The van der Waals surface area contributed by atoms with Gasteiger partial charge in [0.05, 0.1) is 12.6 Å². The Kier molecular flexibility index (Phi) is 8.09. The second-order valence-corrected chi connectivity index (χ2v) is 8.98. The number of ether oxygens (including phenoxy) is 2. The Morgan fingerprint density at radius 3 is 2.77 bits per heavy atom. The van der Waals surface area contributed by atoms with Crippen molar-refractivity contribution in [3.05, 3.63) is 51.2 Å². The molecule has 3 rings (SSSR count). The van der Waals surface area contributed by atoms with E-state index in [9.17, 15) is 9.59 Å². The monoisotopic (exact) mass is 444 g/mol. The first kappa shape index (κ1) is 23.3. The van der Waals surface area contributed by atoms with Gasteiger partial charge in [0.1, 0.15) is 19.0 Å². The van der Waals surface area contributed by atoms with Crippen molar-refractivity contribution in [2.24, 2.45) is 0 Å². The van der Waals surface area contributed by atoms with Crippen LogP contribution in [-0.4, -0.2) is 61.6 Å². The van der Waals surface area contributed by atoms with Crippen molar-refractivity contribution in [1.29, 1.82) is 0 Å². The second-order valence-electron chi connectivity index (χ2n) is 7.98. The summed E-state index contributed by atoms with van der Waals surface area (Å²) in [5, 5.41) is 2.08. The van der Waals surface area contributed by atoms with E-state index in [1.54, 1.807) is 16.2 Å². The number of carbonyl (C=O) groups excluding carboxylic acids is 2. The average molecular weight is 445 g/mol. The van der Waals surface area contributed by atoms with E-state index in [-0.39, 0.29) is 31.0 Å². The highest BCUT2D eigenvalue weighted by atomic mass is 32.1. The summed E-state index contributed by atoms with van der Waals surface area (Å²) in [5.74, 6) is 0.626. The Hall–Kier alpha value is -2.38. The molecule has 0 bridgehead atoms. The maximum Gasteiger partial charge on any atom is 0.249 e. The molecule has 0 radical (unpaired) electrons. The highest BCUT2D eigenvalue weighted by Gasteiger charge is 2.33. The quantitative estimate of drug-likeness (QED) is 0.591. The van der Waals surface area contributed by atoms with Gasteiger partial charge in [-0.1, -0.05) is 24.6 Å². The first-order valence-electron chi connectivity index (χ1n) is 10.8. The van der Waals surface area contributed by atoms with Crippen molar-refractivity contribution in [2.75, 3.05) is 40.0 Å². The van der Waals surface area contributed by atoms with E-state index in [1.165, 1.54) is 17.6 Å². The van der Waals surface area contributed by atoms with E-state index in [0.29, 0.717) is 19.7 Å². The molecule has 0 N–H and O–H groups in total. The fraction of sp³-hybridized carbons (Fsp3) is 0.500. The first-order chi connectivity index (χ1) is 14.9. The van der Waals surface area contributed by atoms with E-state index < -0.39 is 0 Å². The minimum absolute atomic E-state index is 0.0127. The number of nitrogens with zero attached hydrogens (tertiary/aromatic N) is 2. The van der Waals surface area contributed by atoms with Gasteiger partial charge in [0.25, 0.3) is 0 Å². The Balaban J connectivity index is 1.77. The number of rotatable bonds is 9. The van der Waals surface area contributed by atoms with E-state index in [0.717, 1.165) is 29.7 Å². The number of hydrogen-bond acceptors (Lipinski definition) is 5. The number of benzene rings is 1. The van der Waals surface area contributed by atoms with Gasteiger partial charge in [-0.25, -0.2) is 0 Å². The Morgan fingerprint density at radius 2 is 2.06 bits per heavy atom. The molecule has 168 valence electrons. The number of aryl methyl sites for hydroxylation is 2. The zero-order valence-electron chi connectivity index (χ0n) is 18.8. The standard InChI is InChI=1S/C24H32N2O4S/c1-5-10-25(24(28)16-29-4)14-23(27)26-11-8-22-19(9-12-31-22)20(26)15-30-21-7-6-17(2)13-18(21)3/h6-7,9,12-13,20H,5,8,10-11,14-16H2,1-4H3. The topological polar surface area (TPSA) is 59.1 Å². The maximum atomic E-state index is 13.3. The molecule has 2 heterocycles. The van der Waals surface area contributed by atoms with Crippen LogP contribution in [0.1, 0.15) is 41.0 Å². The van der Waals surface area contributed by atoms with E-state index in [1.807, 2.05) is 30.9 Å². The lowest BCUT2D eigenvalue weighted by Crippen LogP contribution is -2.48. The molecule has 6 nitrogen and oxygen atoms in total. The molecule has 1 aliphatic heterocycles. The number of methoxy groups -OCH3 is 1. The molecule has 0 saturated heterocycles. The van der Waals surface area contributed by atoms with Gasteiger partial charge in [-0.3, -0.25) is 9.59 Å². The fourth-order valence-corrected chi connectivity index (χ4v) is 4.96. The molecule has 0 saturated carbocycles. The molecule has 1 aromatic carbocycles. The van der Waals surface area contributed by atoms with Crippen LogP contribution in [0.2, 0.25) is 0 Å². The highest BCUT2D eigenvalue weighted by Crippen LogP contribution is 2.34. The molecule has 31 heavy (non-hydrogen) atoms. The van der Waals surface area contributed by atoms with Crippen LogP contribution in [0.5, 0.6) is 5.75 Å². The molecule has 0 fully saturated rings. The van der Waals surface area contributed by atoms with Crippen LogP contribution in [0.3, 0.4) is 0 Å². The van der Waals surface area contributed by atoms with Crippen molar-refractivity contribution in [2.45, 2.75) is 39.7 Å².